The van der Waals surface area contributed by atoms with Crippen LogP contribution >= 0.6 is 0 Å². The van der Waals surface area contributed by atoms with Crippen LogP contribution in [0.2, 0.25) is 0 Å². The molecular formula is C21H28N4O2. The minimum Gasteiger partial charge on any atom is -0.378 e. The topological polar surface area (TPSA) is 70.4 Å². The SMILES string of the molecule is O=C(NCc1cc2n(n1)CCN(C1CCCCC1)C2)[C@H](O)c1ccccc1. The second-order valence-corrected chi connectivity index (χ2v) is 7.64. The number of benzene rings is 1. The molecule has 27 heavy (non-hydrogen) atoms. The van der Waals surface area contributed by atoms with Crippen LogP contribution in [0.3, 0.4) is 0 Å². The maximum Gasteiger partial charge on any atom is 0.253 e. The second-order valence-electron chi connectivity index (χ2n) is 7.64. The Labute approximate surface area is 160 Å². The summed E-state index contributed by atoms with van der Waals surface area (Å²) in [6.07, 6.45) is 5.55. The largest absolute Gasteiger partial charge is 0.378 e. The van der Waals surface area contributed by atoms with Crippen molar-refractivity contribution in [3.63, 3.8) is 0 Å². The van der Waals surface area contributed by atoms with E-state index in [-0.39, 0.29) is 0 Å². The number of carbonyl (C=O) groups is 1. The van der Waals surface area contributed by atoms with E-state index >= 15 is 0 Å². The molecule has 2 heterocycles. The van der Waals surface area contributed by atoms with Crippen LogP contribution in [0.1, 0.15) is 55.2 Å². The first-order chi connectivity index (χ1) is 13.2. The zero-order valence-electron chi connectivity index (χ0n) is 15.7. The van der Waals surface area contributed by atoms with Crippen LogP contribution in [-0.2, 0) is 24.4 Å². The highest BCUT2D eigenvalue weighted by atomic mass is 16.3. The van der Waals surface area contributed by atoms with Crippen LogP contribution in [0.25, 0.3) is 0 Å². The minimum atomic E-state index is -1.15. The maximum absolute atomic E-state index is 12.2. The van der Waals surface area contributed by atoms with Crippen molar-refractivity contribution in [2.45, 2.75) is 63.9 Å². The number of amides is 1. The molecule has 0 spiro atoms. The van der Waals surface area contributed by atoms with Crippen molar-refractivity contribution in [2.75, 3.05) is 6.54 Å². The van der Waals surface area contributed by atoms with E-state index in [9.17, 15) is 9.90 Å². The molecule has 1 aromatic carbocycles. The average molecular weight is 368 g/mol. The van der Waals surface area contributed by atoms with E-state index in [4.69, 9.17) is 0 Å². The summed E-state index contributed by atoms with van der Waals surface area (Å²) in [6.45, 7) is 3.24. The third-order valence-corrected chi connectivity index (χ3v) is 5.78. The van der Waals surface area contributed by atoms with Crippen molar-refractivity contribution < 1.29 is 9.90 Å². The van der Waals surface area contributed by atoms with Gasteiger partial charge in [0.2, 0.25) is 0 Å². The molecule has 0 saturated heterocycles. The Morgan fingerprint density at radius 1 is 1.19 bits per heavy atom. The van der Waals surface area contributed by atoms with Crippen LogP contribution < -0.4 is 5.32 Å². The zero-order valence-corrected chi connectivity index (χ0v) is 15.7. The molecule has 1 amide bonds. The lowest BCUT2D eigenvalue weighted by Gasteiger charge is -2.36. The number of aromatic nitrogens is 2. The average Bonchev–Trinajstić information content (AvgIpc) is 3.15. The lowest BCUT2D eigenvalue weighted by molar-refractivity contribution is -0.129. The molecule has 1 saturated carbocycles. The van der Waals surface area contributed by atoms with Crippen molar-refractivity contribution in [1.82, 2.24) is 20.0 Å². The number of nitrogens with one attached hydrogen (secondary N) is 1. The molecule has 6 nitrogen and oxygen atoms in total. The molecule has 1 aliphatic heterocycles. The molecule has 2 aromatic rings. The summed E-state index contributed by atoms with van der Waals surface area (Å²) in [6, 6.07) is 11.8. The lowest BCUT2D eigenvalue weighted by atomic mass is 9.94. The van der Waals surface area contributed by atoms with Crippen molar-refractivity contribution in [3.8, 4) is 0 Å². The molecular weight excluding hydrogens is 340 g/mol. The van der Waals surface area contributed by atoms with E-state index in [0.29, 0.717) is 18.2 Å². The van der Waals surface area contributed by atoms with Gasteiger partial charge in [0, 0.05) is 19.1 Å². The molecule has 2 N–H and O–H groups in total. The van der Waals surface area contributed by atoms with Gasteiger partial charge >= 0.3 is 0 Å². The fourth-order valence-corrected chi connectivity index (χ4v) is 4.25. The van der Waals surface area contributed by atoms with Gasteiger partial charge in [-0.25, -0.2) is 0 Å². The Morgan fingerprint density at radius 2 is 1.96 bits per heavy atom. The van der Waals surface area contributed by atoms with Gasteiger partial charge in [-0.05, 0) is 24.5 Å². The van der Waals surface area contributed by atoms with Crippen LogP contribution in [0.4, 0.5) is 0 Å². The van der Waals surface area contributed by atoms with Crippen LogP contribution in [0.5, 0.6) is 0 Å². The molecule has 0 bridgehead atoms. The fraction of sp³-hybridized carbons (Fsp3) is 0.524. The number of carbonyl (C=O) groups excluding carboxylic acids is 1. The van der Waals surface area contributed by atoms with Gasteiger partial charge in [-0.15, -0.1) is 0 Å². The maximum atomic E-state index is 12.2. The molecule has 0 radical (unpaired) electrons. The summed E-state index contributed by atoms with van der Waals surface area (Å²) < 4.78 is 2.06. The molecule has 4 rings (SSSR count). The molecule has 1 aromatic heterocycles. The van der Waals surface area contributed by atoms with Gasteiger partial charge in [-0.2, -0.15) is 5.10 Å². The number of rotatable bonds is 5. The summed E-state index contributed by atoms with van der Waals surface area (Å²) in [5.41, 5.74) is 2.67. The predicted molar refractivity (Wildman–Crippen MR) is 103 cm³/mol. The third-order valence-electron chi connectivity index (χ3n) is 5.78. The van der Waals surface area contributed by atoms with E-state index < -0.39 is 12.0 Å². The van der Waals surface area contributed by atoms with Gasteiger partial charge in [0.15, 0.2) is 6.10 Å². The van der Waals surface area contributed by atoms with Gasteiger partial charge < -0.3 is 10.4 Å². The molecule has 1 fully saturated rings. The number of hydrogen-bond acceptors (Lipinski definition) is 4. The molecule has 6 heteroatoms. The van der Waals surface area contributed by atoms with Crippen molar-refractivity contribution >= 4 is 5.91 Å². The molecule has 2 aliphatic rings. The van der Waals surface area contributed by atoms with E-state index in [1.54, 1.807) is 12.1 Å². The van der Waals surface area contributed by atoms with E-state index in [1.807, 2.05) is 18.2 Å². The number of nitrogens with zero attached hydrogens (tertiary/aromatic N) is 3. The monoisotopic (exact) mass is 368 g/mol. The van der Waals surface area contributed by atoms with Crippen LogP contribution in [-0.4, -0.2) is 38.3 Å². The Kier molecular flexibility index (Phi) is 5.55. The Morgan fingerprint density at radius 3 is 2.74 bits per heavy atom. The smallest absolute Gasteiger partial charge is 0.253 e. The summed E-state index contributed by atoms with van der Waals surface area (Å²) >= 11 is 0. The number of aliphatic hydroxyl groups is 1. The van der Waals surface area contributed by atoms with Crippen molar-refractivity contribution in [2.24, 2.45) is 0 Å². The predicted octanol–water partition coefficient (Wildman–Crippen LogP) is 2.38. The van der Waals surface area contributed by atoms with Crippen molar-refractivity contribution in [3.05, 3.63) is 53.3 Å². The standard InChI is InChI=1S/C21H28N4O2/c26-20(16-7-3-1-4-8-16)21(27)22-14-17-13-19-15-24(11-12-25(19)23-17)18-9-5-2-6-10-18/h1,3-4,7-8,13,18,20,26H,2,5-6,9-12,14-15H2,(H,22,27)/t20-/m1/s1. The summed E-state index contributed by atoms with van der Waals surface area (Å²) in [5.74, 6) is -0.393. The molecule has 1 aliphatic carbocycles. The molecule has 144 valence electrons. The van der Waals surface area contributed by atoms with Gasteiger partial charge in [-0.3, -0.25) is 14.4 Å². The van der Waals surface area contributed by atoms with Crippen LogP contribution in [0.15, 0.2) is 36.4 Å². The number of hydrogen-bond donors (Lipinski definition) is 2. The zero-order chi connectivity index (χ0) is 18.6. The highest BCUT2D eigenvalue weighted by Crippen LogP contribution is 2.26. The molecule has 1 atom stereocenters. The Hall–Kier alpha value is -2.18. The van der Waals surface area contributed by atoms with E-state index in [1.165, 1.54) is 37.8 Å². The first-order valence-corrected chi connectivity index (χ1v) is 10.0. The van der Waals surface area contributed by atoms with Gasteiger partial charge in [-0.1, -0.05) is 49.6 Å². The summed E-state index contributed by atoms with van der Waals surface area (Å²) in [5, 5.41) is 17.6. The summed E-state index contributed by atoms with van der Waals surface area (Å²) in [4.78, 5) is 14.8. The lowest BCUT2D eigenvalue weighted by Crippen LogP contribution is -2.42. The third kappa shape index (κ3) is 4.22. The van der Waals surface area contributed by atoms with Gasteiger partial charge in [0.25, 0.3) is 5.91 Å². The fourth-order valence-electron chi connectivity index (χ4n) is 4.25. The van der Waals surface area contributed by atoms with E-state index in [2.05, 4.69) is 26.1 Å². The Balaban J connectivity index is 1.33. The van der Waals surface area contributed by atoms with Gasteiger partial charge in [0.1, 0.15) is 0 Å². The quantitative estimate of drug-likeness (QED) is 0.850. The second kappa shape index (κ2) is 8.23. The highest BCUT2D eigenvalue weighted by Gasteiger charge is 2.26. The first-order valence-electron chi connectivity index (χ1n) is 10.0. The molecule has 0 unspecified atom stereocenters. The van der Waals surface area contributed by atoms with E-state index in [0.717, 1.165) is 25.3 Å². The number of aliphatic hydroxyl groups excluding tert-OH is 1. The number of fused-ring (bicyclic) bond motifs is 1. The highest BCUT2D eigenvalue weighted by molar-refractivity contribution is 5.81. The van der Waals surface area contributed by atoms with Crippen molar-refractivity contribution in [1.29, 1.82) is 0 Å². The normalized spacial score (nSPS) is 19.4. The Bertz CT molecular complexity index is 768. The van der Waals surface area contributed by atoms with Crippen LogP contribution in [0, 0.1) is 0 Å². The summed E-state index contributed by atoms with van der Waals surface area (Å²) in [7, 11) is 0. The first kappa shape index (κ1) is 18.2. The van der Waals surface area contributed by atoms with Gasteiger partial charge in [0.05, 0.1) is 24.5 Å². The minimum absolute atomic E-state index is 0.339.